The summed E-state index contributed by atoms with van der Waals surface area (Å²) in [5, 5.41) is 0.705. The van der Waals surface area contributed by atoms with Crippen LogP contribution < -0.4 is 5.73 Å². The fraction of sp³-hybridized carbons (Fsp3) is 0.143. The van der Waals surface area contributed by atoms with Gasteiger partial charge in [0.05, 0.1) is 5.02 Å². The topological polar surface area (TPSA) is 26.0 Å². The van der Waals surface area contributed by atoms with Crippen LogP contribution in [0.5, 0.6) is 0 Å². The van der Waals surface area contributed by atoms with Gasteiger partial charge >= 0.3 is 0 Å². The molecule has 3 heteroatoms. The van der Waals surface area contributed by atoms with Gasteiger partial charge in [-0.1, -0.05) is 35.5 Å². The molecule has 0 aliphatic rings. The molecule has 2 N–H and O–H groups in total. The third-order valence-electron chi connectivity index (χ3n) is 2.52. The van der Waals surface area contributed by atoms with Crippen molar-refractivity contribution in [2.75, 3.05) is 5.73 Å². The minimum atomic E-state index is 0.695. The Morgan fingerprint density at radius 2 is 1.76 bits per heavy atom. The molecule has 0 spiro atoms. The van der Waals surface area contributed by atoms with Crippen molar-refractivity contribution in [1.29, 1.82) is 0 Å². The number of nitrogen functional groups attached to an aromatic ring is 1. The zero-order chi connectivity index (χ0) is 12.4. The predicted molar refractivity (Wildman–Crippen MR) is 75.9 cm³/mol. The van der Waals surface area contributed by atoms with E-state index in [0.29, 0.717) is 10.7 Å². The lowest BCUT2D eigenvalue weighted by molar-refractivity contribution is 1.25. The molecule has 0 aliphatic carbocycles. The molecule has 0 unspecified atom stereocenters. The Bertz CT molecular complexity index is 552. The summed E-state index contributed by atoms with van der Waals surface area (Å²) < 4.78 is 0. The Labute approximate surface area is 111 Å². The zero-order valence-corrected chi connectivity index (χ0v) is 11.4. The fourth-order valence-electron chi connectivity index (χ4n) is 1.54. The Kier molecular flexibility index (Phi) is 3.65. The number of hydrogen-bond acceptors (Lipinski definition) is 2. The van der Waals surface area contributed by atoms with Gasteiger partial charge < -0.3 is 5.73 Å². The molecule has 2 aromatic carbocycles. The van der Waals surface area contributed by atoms with E-state index in [1.165, 1.54) is 16.0 Å². The third-order valence-corrected chi connectivity index (χ3v) is 4.18. The van der Waals surface area contributed by atoms with Crippen molar-refractivity contribution in [1.82, 2.24) is 0 Å². The van der Waals surface area contributed by atoms with E-state index in [-0.39, 0.29) is 0 Å². The van der Waals surface area contributed by atoms with Gasteiger partial charge in [-0.05, 0) is 49.2 Å². The highest BCUT2D eigenvalue weighted by Crippen LogP contribution is 2.36. The predicted octanol–water partition coefficient (Wildman–Crippen LogP) is 4.69. The maximum absolute atomic E-state index is 6.17. The normalized spacial score (nSPS) is 10.5. The largest absolute Gasteiger partial charge is 0.399 e. The highest BCUT2D eigenvalue weighted by Gasteiger charge is 2.05. The summed E-state index contributed by atoms with van der Waals surface area (Å²) in [6.45, 7) is 4.20. The Hall–Kier alpha value is -1.12. The van der Waals surface area contributed by atoms with Crippen LogP contribution in [-0.4, -0.2) is 0 Å². The molecule has 2 rings (SSSR count). The molecule has 0 atom stereocenters. The summed E-state index contributed by atoms with van der Waals surface area (Å²) in [6, 6.07) is 12.0. The van der Waals surface area contributed by atoms with Crippen LogP contribution in [0.1, 0.15) is 11.1 Å². The SMILES string of the molecule is Cc1ccc(C)c(Sc2ccc(N)cc2Cl)c1. The highest BCUT2D eigenvalue weighted by molar-refractivity contribution is 7.99. The molecule has 0 radical (unpaired) electrons. The highest BCUT2D eigenvalue weighted by atomic mass is 35.5. The lowest BCUT2D eigenvalue weighted by atomic mass is 10.2. The number of hydrogen-bond donors (Lipinski definition) is 1. The molecule has 0 amide bonds. The molecule has 0 saturated carbocycles. The zero-order valence-electron chi connectivity index (χ0n) is 9.83. The number of rotatable bonds is 2. The second kappa shape index (κ2) is 5.03. The number of anilines is 1. The molecule has 88 valence electrons. The summed E-state index contributed by atoms with van der Waals surface area (Å²) in [6.07, 6.45) is 0. The van der Waals surface area contributed by atoms with Gasteiger partial charge in [0, 0.05) is 15.5 Å². The molecule has 0 bridgehead atoms. The molecule has 1 nitrogen and oxygen atoms in total. The van der Waals surface area contributed by atoms with Crippen LogP contribution in [0.2, 0.25) is 5.02 Å². The maximum Gasteiger partial charge on any atom is 0.0565 e. The van der Waals surface area contributed by atoms with Crippen molar-refractivity contribution in [2.24, 2.45) is 0 Å². The summed E-state index contributed by atoms with van der Waals surface area (Å²) in [5.41, 5.74) is 8.89. The number of nitrogens with two attached hydrogens (primary N) is 1. The minimum absolute atomic E-state index is 0.695. The molecule has 0 aromatic heterocycles. The summed E-state index contributed by atoms with van der Waals surface area (Å²) in [5.74, 6) is 0. The van der Waals surface area contributed by atoms with Crippen molar-refractivity contribution in [3.63, 3.8) is 0 Å². The van der Waals surface area contributed by atoms with Crippen molar-refractivity contribution < 1.29 is 0 Å². The first-order valence-corrected chi connectivity index (χ1v) is 6.56. The Morgan fingerprint density at radius 1 is 1.00 bits per heavy atom. The molecular formula is C14H14ClNS. The molecule has 0 fully saturated rings. The van der Waals surface area contributed by atoms with Crippen molar-refractivity contribution in [3.05, 3.63) is 52.5 Å². The van der Waals surface area contributed by atoms with E-state index in [4.69, 9.17) is 17.3 Å². The quantitative estimate of drug-likeness (QED) is 0.796. The first-order valence-electron chi connectivity index (χ1n) is 5.36. The van der Waals surface area contributed by atoms with Crippen LogP contribution >= 0.6 is 23.4 Å². The van der Waals surface area contributed by atoms with Gasteiger partial charge in [-0.2, -0.15) is 0 Å². The second-order valence-electron chi connectivity index (χ2n) is 4.06. The lowest BCUT2D eigenvalue weighted by Gasteiger charge is -2.08. The first-order chi connectivity index (χ1) is 8.06. The van der Waals surface area contributed by atoms with Crippen LogP contribution in [0.15, 0.2) is 46.2 Å². The van der Waals surface area contributed by atoms with E-state index >= 15 is 0 Å². The van der Waals surface area contributed by atoms with E-state index in [1.807, 2.05) is 12.1 Å². The van der Waals surface area contributed by atoms with E-state index in [1.54, 1.807) is 17.8 Å². The van der Waals surface area contributed by atoms with Gasteiger partial charge in [0.2, 0.25) is 0 Å². The maximum atomic E-state index is 6.17. The van der Waals surface area contributed by atoms with Gasteiger partial charge in [-0.3, -0.25) is 0 Å². The number of aryl methyl sites for hydroxylation is 2. The molecule has 0 heterocycles. The van der Waals surface area contributed by atoms with Gasteiger partial charge in [0.1, 0.15) is 0 Å². The Balaban J connectivity index is 2.34. The summed E-state index contributed by atoms with van der Waals surface area (Å²) in [4.78, 5) is 2.27. The average Bonchev–Trinajstić information content (AvgIpc) is 2.27. The van der Waals surface area contributed by atoms with Gasteiger partial charge in [-0.25, -0.2) is 0 Å². The second-order valence-corrected chi connectivity index (χ2v) is 5.55. The monoisotopic (exact) mass is 263 g/mol. The van der Waals surface area contributed by atoms with Crippen LogP contribution in [0.25, 0.3) is 0 Å². The van der Waals surface area contributed by atoms with Crippen LogP contribution in [-0.2, 0) is 0 Å². The molecule has 17 heavy (non-hydrogen) atoms. The minimum Gasteiger partial charge on any atom is -0.399 e. The van der Waals surface area contributed by atoms with Gasteiger partial charge in [0.15, 0.2) is 0 Å². The van der Waals surface area contributed by atoms with E-state index in [0.717, 1.165) is 4.90 Å². The van der Waals surface area contributed by atoms with Crippen molar-refractivity contribution >= 4 is 29.1 Å². The van der Waals surface area contributed by atoms with Crippen LogP contribution in [0.3, 0.4) is 0 Å². The van der Waals surface area contributed by atoms with Gasteiger partial charge in [0.25, 0.3) is 0 Å². The smallest absolute Gasteiger partial charge is 0.0565 e. The molecule has 0 saturated heterocycles. The molecular weight excluding hydrogens is 250 g/mol. The van der Waals surface area contributed by atoms with Crippen LogP contribution in [0.4, 0.5) is 5.69 Å². The number of benzene rings is 2. The lowest BCUT2D eigenvalue weighted by Crippen LogP contribution is -1.86. The Morgan fingerprint density at radius 3 is 2.47 bits per heavy atom. The van der Waals surface area contributed by atoms with E-state index in [9.17, 15) is 0 Å². The summed E-state index contributed by atoms with van der Waals surface area (Å²) >= 11 is 7.85. The van der Waals surface area contributed by atoms with Crippen molar-refractivity contribution in [2.45, 2.75) is 23.6 Å². The van der Waals surface area contributed by atoms with E-state index in [2.05, 4.69) is 32.0 Å². The van der Waals surface area contributed by atoms with Gasteiger partial charge in [-0.15, -0.1) is 0 Å². The third kappa shape index (κ3) is 2.96. The van der Waals surface area contributed by atoms with E-state index < -0.39 is 0 Å². The molecule has 0 aliphatic heterocycles. The molecule has 2 aromatic rings. The fourth-order valence-corrected chi connectivity index (χ4v) is 2.84. The number of halogens is 1. The summed E-state index contributed by atoms with van der Waals surface area (Å²) in [7, 11) is 0. The standard InChI is InChI=1S/C14H14ClNS/c1-9-3-4-10(2)14(7-9)17-13-6-5-11(16)8-12(13)15/h3-8H,16H2,1-2H3. The first kappa shape index (κ1) is 12.3. The van der Waals surface area contributed by atoms with Crippen LogP contribution in [0, 0.1) is 13.8 Å². The van der Waals surface area contributed by atoms with Crippen molar-refractivity contribution in [3.8, 4) is 0 Å². The average molecular weight is 264 g/mol.